The Morgan fingerprint density at radius 3 is 2.27 bits per heavy atom. The van der Waals surface area contributed by atoms with E-state index in [-0.39, 0.29) is 11.5 Å². The van der Waals surface area contributed by atoms with Gasteiger partial charge in [0.1, 0.15) is 0 Å². The summed E-state index contributed by atoms with van der Waals surface area (Å²) in [5.41, 5.74) is 4.15. The Morgan fingerprint density at radius 2 is 1.64 bits per heavy atom. The number of benzene rings is 2. The van der Waals surface area contributed by atoms with Crippen LogP contribution in [0.1, 0.15) is 57.2 Å². The third-order valence-electron chi connectivity index (χ3n) is 7.47. The molecule has 0 aromatic heterocycles. The van der Waals surface area contributed by atoms with Crippen molar-refractivity contribution in [1.82, 2.24) is 15.1 Å². The van der Waals surface area contributed by atoms with Crippen LogP contribution in [-0.4, -0.2) is 48.6 Å². The van der Waals surface area contributed by atoms with Gasteiger partial charge < -0.3 is 10.2 Å². The molecule has 33 heavy (non-hydrogen) atoms. The van der Waals surface area contributed by atoms with Gasteiger partial charge in [-0.05, 0) is 66.9 Å². The van der Waals surface area contributed by atoms with Gasteiger partial charge in [-0.15, -0.1) is 0 Å². The van der Waals surface area contributed by atoms with E-state index in [9.17, 15) is 0 Å². The van der Waals surface area contributed by atoms with Gasteiger partial charge in [-0.2, -0.15) is 0 Å². The second kappa shape index (κ2) is 10.6. The zero-order valence-electron chi connectivity index (χ0n) is 20.6. The zero-order chi connectivity index (χ0) is 23.4. The summed E-state index contributed by atoms with van der Waals surface area (Å²) in [6, 6.07) is 20.0. The van der Waals surface area contributed by atoms with Crippen LogP contribution in [0.15, 0.2) is 66.9 Å². The standard InChI is InChI=1S/C29H40ClN3/c1-22(20-23-14-16-31-17-15-23)33-19-18-32(21-27(33)29(2,3)4)28(24-8-6-5-7-9-24)25-10-12-26(30)13-11-25/h5-13,23,27-28,31H,1,14-21H2,2-4H3. The summed E-state index contributed by atoms with van der Waals surface area (Å²) >= 11 is 6.23. The fourth-order valence-corrected chi connectivity index (χ4v) is 5.72. The van der Waals surface area contributed by atoms with E-state index < -0.39 is 0 Å². The van der Waals surface area contributed by atoms with Gasteiger partial charge in [0.05, 0.1) is 6.04 Å². The minimum absolute atomic E-state index is 0.164. The fourth-order valence-electron chi connectivity index (χ4n) is 5.59. The lowest BCUT2D eigenvalue weighted by molar-refractivity contribution is 0.0217. The Labute approximate surface area is 205 Å². The van der Waals surface area contributed by atoms with E-state index in [0.29, 0.717) is 6.04 Å². The number of nitrogens with one attached hydrogen (secondary N) is 1. The molecule has 2 atom stereocenters. The van der Waals surface area contributed by atoms with Crippen molar-refractivity contribution in [2.24, 2.45) is 11.3 Å². The van der Waals surface area contributed by atoms with Gasteiger partial charge in [-0.1, -0.05) is 81.4 Å². The quantitative estimate of drug-likeness (QED) is 0.535. The van der Waals surface area contributed by atoms with Gasteiger partial charge in [0.2, 0.25) is 0 Å². The lowest BCUT2D eigenvalue weighted by atomic mass is 9.82. The molecule has 0 radical (unpaired) electrons. The van der Waals surface area contributed by atoms with Crippen LogP contribution < -0.4 is 5.32 Å². The molecular weight excluding hydrogens is 426 g/mol. The number of halogens is 1. The summed E-state index contributed by atoms with van der Waals surface area (Å²) in [4.78, 5) is 5.31. The van der Waals surface area contributed by atoms with Crippen LogP contribution in [0.2, 0.25) is 5.02 Å². The van der Waals surface area contributed by atoms with Crippen molar-refractivity contribution in [3.05, 3.63) is 83.0 Å². The van der Waals surface area contributed by atoms with Crippen LogP contribution in [0.25, 0.3) is 0 Å². The smallest absolute Gasteiger partial charge is 0.0603 e. The first kappa shape index (κ1) is 24.3. The lowest BCUT2D eigenvalue weighted by Crippen LogP contribution is -2.58. The first-order valence-corrected chi connectivity index (χ1v) is 12.9. The maximum atomic E-state index is 6.23. The van der Waals surface area contributed by atoms with Gasteiger partial charge in [-0.3, -0.25) is 4.90 Å². The number of nitrogens with zero attached hydrogens (tertiary/aromatic N) is 2. The van der Waals surface area contributed by atoms with Gasteiger partial charge in [0.25, 0.3) is 0 Å². The molecule has 2 aliphatic rings. The number of piperazine rings is 1. The van der Waals surface area contributed by atoms with E-state index in [0.717, 1.165) is 50.1 Å². The largest absolute Gasteiger partial charge is 0.369 e. The van der Waals surface area contributed by atoms with Crippen LogP contribution >= 0.6 is 11.6 Å². The predicted molar refractivity (Wildman–Crippen MR) is 141 cm³/mol. The van der Waals surface area contributed by atoms with E-state index in [1.54, 1.807) is 0 Å². The van der Waals surface area contributed by atoms with Crippen molar-refractivity contribution in [3.63, 3.8) is 0 Å². The molecule has 1 N–H and O–H groups in total. The predicted octanol–water partition coefficient (Wildman–Crippen LogP) is 6.37. The van der Waals surface area contributed by atoms with Crippen molar-refractivity contribution >= 4 is 11.6 Å². The molecule has 0 amide bonds. The third kappa shape index (κ3) is 6.01. The lowest BCUT2D eigenvalue weighted by Gasteiger charge is -2.51. The van der Waals surface area contributed by atoms with E-state index in [4.69, 9.17) is 11.6 Å². The topological polar surface area (TPSA) is 18.5 Å². The maximum Gasteiger partial charge on any atom is 0.0603 e. The number of rotatable bonds is 6. The molecule has 4 heteroatoms. The number of hydrogen-bond donors (Lipinski definition) is 1. The highest BCUT2D eigenvalue weighted by atomic mass is 35.5. The van der Waals surface area contributed by atoms with E-state index in [1.807, 2.05) is 12.1 Å². The molecule has 178 valence electrons. The average Bonchev–Trinajstić information content (AvgIpc) is 2.81. The van der Waals surface area contributed by atoms with Gasteiger partial charge in [-0.25, -0.2) is 0 Å². The van der Waals surface area contributed by atoms with Crippen molar-refractivity contribution in [1.29, 1.82) is 0 Å². The molecule has 2 saturated heterocycles. The number of piperidine rings is 1. The normalized spacial score (nSPS) is 21.7. The fraction of sp³-hybridized carbons (Fsp3) is 0.517. The third-order valence-corrected chi connectivity index (χ3v) is 7.72. The van der Waals surface area contributed by atoms with Gasteiger partial charge in [0, 0.05) is 36.4 Å². The van der Waals surface area contributed by atoms with Crippen molar-refractivity contribution in [2.45, 2.75) is 52.1 Å². The highest BCUT2D eigenvalue weighted by Gasteiger charge is 2.39. The SMILES string of the molecule is C=C(CC1CCNCC1)N1CCN(C(c2ccccc2)c2ccc(Cl)cc2)CC1C(C)(C)C. The molecule has 2 fully saturated rings. The Balaban J connectivity index is 1.57. The van der Waals surface area contributed by atoms with Crippen LogP contribution in [-0.2, 0) is 0 Å². The minimum atomic E-state index is 0.164. The summed E-state index contributed by atoms with van der Waals surface area (Å²) in [5.74, 6) is 0.767. The highest BCUT2D eigenvalue weighted by molar-refractivity contribution is 6.30. The number of hydrogen-bond acceptors (Lipinski definition) is 3. The molecule has 2 aromatic carbocycles. The maximum absolute atomic E-state index is 6.23. The summed E-state index contributed by atoms with van der Waals surface area (Å²) in [5, 5.41) is 4.28. The van der Waals surface area contributed by atoms with Gasteiger partial charge in [0.15, 0.2) is 0 Å². The molecule has 0 bridgehead atoms. The monoisotopic (exact) mass is 465 g/mol. The van der Waals surface area contributed by atoms with Crippen LogP contribution in [0.4, 0.5) is 0 Å². The molecule has 0 aliphatic carbocycles. The molecule has 2 unspecified atom stereocenters. The molecule has 4 rings (SSSR count). The highest BCUT2D eigenvalue weighted by Crippen LogP contribution is 2.37. The second-order valence-electron chi connectivity index (χ2n) is 10.9. The first-order chi connectivity index (χ1) is 15.8. The van der Waals surface area contributed by atoms with Crippen LogP contribution in [0.5, 0.6) is 0 Å². The Kier molecular flexibility index (Phi) is 7.83. The van der Waals surface area contributed by atoms with E-state index in [1.165, 1.54) is 29.7 Å². The Morgan fingerprint density at radius 1 is 1.00 bits per heavy atom. The van der Waals surface area contributed by atoms with Gasteiger partial charge >= 0.3 is 0 Å². The van der Waals surface area contributed by atoms with Crippen molar-refractivity contribution in [2.75, 3.05) is 32.7 Å². The molecule has 2 aromatic rings. The Hall–Kier alpha value is -1.81. The molecule has 2 heterocycles. The Bertz CT molecular complexity index is 897. The first-order valence-electron chi connectivity index (χ1n) is 12.5. The summed E-state index contributed by atoms with van der Waals surface area (Å²) in [6.07, 6.45) is 3.67. The molecule has 3 nitrogen and oxygen atoms in total. The summed E-state index contributed by atoms with van der Waals surface area (Å²) < 4.78 is 0. The summed E-state index contributed by atoms with van der Waals surface area (Å²) in [7, 11) is 0. The van der Waals surface area contributed by atoms with Crippen molar-refractivity contribution in [3.8, 4) is 0 Å². The zero-order valence-corrected chi connectivity index (χ0v) is 21.3. The van der Waals surface area contributed by atoms with E-state index >= 15 is 0 Å². The van der Waals surface area contributed by atoms with Crippen molar-refractivity contribution < 1.29 is 0 Å². The second-order valence-corrected chi connectivity index (χ2v) is 11.3. The average molecular weight is 466 g/mol. The molecule has 2 aliphatic heterocycles. The van der Waals surface area contributed by atoms with E-state index in [2.05, 4.69) is 84.9 Å². The minimum Gasteiger partial charge on any atom is -0.369 e. The molecular formula is C29H40ClN3. The summed E-state index contributed by atoms with van der Waals surface area (Å²) in [6.45, 7) is 17.1. The molecule has 0 saturated carbocycles. The number of allylic oxidation sites excluding steroid dienone is 1. The van der Waals surface area contributed by atoms with Crippen LogP contribution in [0, 0.1) is 11.3 Å². The molecule has 0 spiro atoms. The van der Waals surface area contributed by atoms with Crippen LogP contribution in [0.3, 0.4) is 0 Å².